The summed E-state index contributed by atoms with van der Waals surface area (Å²) >= 11 is 0. The van der Waals surface area contributed by atoms with E-state index in [0.717, 1.165) is 19.3 Å². The number of carbonyl (C=O) groups is 2. The molecule has 1 saturated carbocycles. The molecule has 0 aliphatic heterocycles. The lowest BCUT2D eigenvalue weighted by atomic mass is 9.86. The van der Waals surface area contributed by atoms with Crippen molar-refractivity contribution >= 4 is 11.9 Å². The van der Waals surface area contributed by atoms with E-state index in [2.05, 4.69) is 12.2 Å². The van der Waals surface area contributed by atoms with Gasteiger partial charge in [-0.15, -0.1) is 0 Å². The minimum Gasteiger partial charge on any atom is -0.479 e. The predicted molar refractivity (Wildman–Crippen MR) is 87.0 cm³/mol. The highest BCUT2D eigenvalue weighted by atomic mass is 19.1. The maximum Gasteiger partial charge on any atom is 0.347 e. The maximum atomic E-state index is 12.8. The lowest BCUT2D eigenvalue weighted by Crippen LogP contribution is -2.43. The lowest BCUT2D eigenvalue weighted by Gasteiger charge is -2.29. The third kappa shape index (κ3) is 5.51. The van der Waals surface area contributed by atoms with Crippen LogP contribution in [0.15, 0.2) is 24.3 Å². The first kappa shape index (κ1) is 18.2. The highest BCUT2D eigenvalue weighted by molar-refractivity contribution is 5.82. The number of amides is 1. The second-order valence-electron chi connectivity index (χ2n) is 6.26. The van der Waals surface area contributed by atoms with Gasteiger partial charge in [-0.2, -0.15) is 0 Å². The summed E-state index contributed by atoms with van der Waals surface area (Å²) < 4.78 is 23.2. The van der Waals surface area contributed by atoms with E-state index in [-0.39, 0.29) is 24.4 Å². The molecule has 0 spiro atoms. The van der Waals surface area contributed by atoms with Crippen LogP contribution in [0, 0.1) is 11.7 Å². The summed E-state index contributed by atoms with van der Waals surface area (Å²) in [7, 11) is 0. The fourth-order valence-electron chi connectivity index (χ4n) is 2.80. The molecular weight excluding hydrogens is 313 g/mol. The smallest absolute Gasteiger partial charge is 0.347 e. The van der Waals surface area contributed by atoms with Crippen molar-refractivity contribution in [2.45, 2.75) is 51.7 Å². The van der Waals surface area contributed by atoms with Gasteiger partial charge in [0.15, 0.2) is 12.7 Å². The van der Waals surface area contributed by atoms with Crippen LogP contribution in [0.25, 0.3) is 0 Å². The minimum atomic E-state index is -0.878. The van der Waals surface area contributed by atoms with E-state index < -0.39 is 12.1 Å². The van der Waals surface area contributed by atoms with E-state index in [1.807, 2.05) is 0 Å². The maximum absolute atomic E-state index is 12.8. The molecule has 132 valence electrons. The molecule has 0 saturated heterocycles. The molecule has 3 atom stereocenters. The normalized spacial score (nSPS) is 21.6. The molecule has 1 amide bonds. The molecule has 0 aromatic heterocycles. The van der Waals surface area contributed by atoms with E-state index in [0.29, 0.717) is 11.7 Å². The number of benzene rings is 1. The Labute approximate surface area is 141 Å². The van der Waals surface area contributed by atoms with Gasteiger partial charge in [0.1, 0.15) is 11.6 Å². The molecule has 0 unspecified atom stereocenters. The summed E-state index contributed by atoms with van der Waals surface area (Å²) in [5.74, 6) is -0.506. The van der Waals surface area contributed by atoms with Gasteiger partial charge in [-0.25, -0.2) is 9.18 Å². The van der Waals surface area contributed by atoms with Crippen molar-refractivity contribution in [2.24, 2.45) is 5.92 Å². The van der Waals surface area contributed by atoms with Crippen molar-refractivity contribution < 1.29 is 23.5 Å². The van der Waals surface area contributed by atoms with Crippen molar-refractivity contribution in [3.8, 4) is 5.75 Å². The number of nitrogens with one attached hydrogen (secondary N) is 1. The van der Waals surface area contributed by atoms with Gasteiger partial charge in [0.2, 0.25) is 0 Å². The summed E-state index contributed by atoms with van der Waals surface area (Å²) in [6.45, 7) is 3.32. The standard InChI is InChI=1S/C18H24FNO4/c1-12-5-3-4-6-16(12)20-17(21)11-23-18(22)13(2)24-15-9-7-14(19)8-10-15/h7-10,12-13,16H,3-6,11H2,1-2H3,(H,20,21)/t12-,13-,16-/m1/s1. The summed E-state index contributed by atoms with van der Waals surface area (Å²) in [5, 5.41) is 2.92. The van der Waals surface area contributed by atoms with Gasteiger partial charge in [-0.05, 0) is 49.9 Å². The molecule has 1 aromatic carbocycles. The molecule has 0 bridgehead atoms. The van der Waals surface area contributed by atoms with Crippen LogP contribution in [0.1, 0.15) is 39.5 Å². The van der Waals surface area contributed by atoms with Gasteiger partial charge in [-0.3, -0.25) is 4.79 Å². The fraction of sp³-hybridized carbons (Fsp3) is 0.556. The zero-order chi connectivity index (χ0) is 17.5. The molecule has 1 fully saturated rings. The Balaban J connectivity index is 1.73. The Morgan fingerprint density at radius 2 is 1.92 bits per heavy atom. The van der Waals surface area contributed by atoms with Gasteiger partial charge in [-0.1, -0.05) is 19.8 Å². The van der Waals surface area contributed by atoms with Crippen molar-refractivity contribution in [3.63, 3.8) is 0 Å². The SMILES string of the molecule is C[C@@H]1CCCC[C@H]1NC(=O)COC(=O)[C@@H](C)Oc1ccc(F)cc1. The Kier molecular flexibility index (Phi) is 6.58. The van der Waals surface area contributed by atoms with Crippen molar-refractivity contribution in [1.29, 1.82) is 0 Å². The summed E-state index contributed by atoms with van der Waals surface area (Å²) in [6.07, 6.45) is 3.49. The van der Waals surface area contributed by atoms with E-state index in [9.17, 15) is 14.0 Å². The zero-order valence-electron chi connectivity index (χ0n) is 14.1. The van der Waals surface area contributed by atoms with Crippen LogP contribution in [0.3, 0.4) is 0 Å². The Morgan fingerprint density at radius 3 is 2.58 bits per heavy atom. The Bertz CT molecular complexity index is 561. The van der Waals surface area contributed by atoms with E-state index in [1.165, 1.54) is 37.6 Å². The van der Waals surface area contributed by atoms with Crippen LogP contribution in [0.5, 0.6) is 5.75 Å². The second kappa shape index (κ2) is 8.66. The highest BCUT2D eigenvalue weighted by Crippen LogP contribution is 2.23. The topological polar surface area (TPSA) is 64.6 Å². The average Bonchev–Trinajstić information content (AvgIpc) is 2.57. The molecule has 1 aromatic rings. The summed E-state index contributed by atoms with van der Waals surface area (Å²) in [5.41, 5.74) is 0. The first-order valence-corrected chi connectivity index (χ1v) is 8.34. The Morgan fingerprint density at radius 1 is 1.25 bits per heavy atom. The van der Waals surface area contributed by atoms with Crippen LogP contribution in [0.2, 0.25) is 0 Å². The van der Waals surface area contributed by atoms with Gasteiger partial charge in [0.25, 0.3) is 5.91 Å². The average molecular weight is 337 g/mol. The van der Waals surface area contributed by atoms with Gasteiger partial charge in [0, 0.05) is 6.04 Å². The summed E-state index contributed by atoms with van der Waals surface area (Å²) in [6, 6.07) is 5.49. The molecule has 1 N–H and O–H groups in total. The van der Waals surface area contributed by atoms with Crippen LogP contribution in [0.4, 0.5) is 4.39 Å². The van der Waals surface area contributed by atoms with Gasteiger partial charge >= 0.3 is 5.97 Å². The quantitative estimate of drug-likeness (QED) is 0.811. The molecule has 24 heavy (non-hydrogen) atoms. The molecule has 0 heterocycles. The largest absolute Gasteiger partial charge is 0.479 e. The van der Waals surface area contributed by atoms with Crippen LogP contribution in [-0.2, 0) is 14.3 Å². The van der Waals surface area contributed by atoms with Crippen molar-refractivity contribution in [3.05, 3.63) is 30.1 Å². The van der Waals surface area contributed by atoms with E-state index >= 15 is 0 Å². The molecule has 0 radical (unpaired) electrons. The molecule has 2 rings (SSSR count). The number of ether oxygens (including phenoxy) is 2. The number of carbonyl (C=O) groups excluding carboxylic acids is 2. The van der Waals surface area contributed by atoms with Gasteiger partial charge in [0.05, 0.1) is 0 Å². The monoisotopic (exact) mass is 337 g/mol. The first-order chi connectivity index (χ1) is 11.5. The zero-order valence-corrected chi connectivity index (χ0v) is 14.1. The first-order valence-electron chi connectivity index (χ1n) is 8.34. The molecule has 1 aliphatic carbocycles. The summed E-state index contributed by atoms with van der Waals surface area (Å²) in [4.78, 5) is 23.8. The van der Waals surface area contributed by atoms with E-state index in [4.69, 9.17) is 9.47 Å². The van der Waals surface area contributed by atoms with Crippen LogP contribution >= 0.6 is 0 Å². The third-order valence-corrected chi connectivity index (χ3v) is 4.26. The van der Waals surface area contributed by atoms with Crippen molar-refractivity contribution in [2.75, 3.05) is 6.61 Å². The number of halogens is 1. The van der Waals surface area contributed by atoms with E-state index in [1.54, 1.807) is 0 Å². The predicted octanol–water partition coefficient (Wildman–Crippen LogP) is 2.83. The van der Waals surface area contributed by atoms with Crippen LogP contribution < -0.4 is 10.1 Å². The number of rotatable bonds is 6. The van der Waals surface area contributed by atoms with Crippen LogP contribution in [-0.4, -0.2) is 30.6 Å². The highest BCUT2D eigenvalue weighted by Gasteiger charge is 2.24. The third-order valence-electron chi connectivity index (χ3n) is 4.26. The second-order valence-corrected chi connectivity index (χ2v) is 6.26. The molecular formula is C18H24FNO4. The molecule has 6 heteroatoms. The minimum absolute atomic E-state index is 0.151. The van der Waals surface area contributed by atoms with Gasteiger partial charge < -0.3 is 14.8 Å². The molecule has 1 aliphatic rings. The number of esters is 1. The number of hydrogen-bond donors (Lipinski definition) is 1. The lowest BCUT2D eigenvalue weighted by molar-refractivity contribution is -0.155. The van der Waals surface area contributed by atoms with Crippen molar-refractivity contribution in [1.82, 2.24) is 5.32 Å². The molecule has 5 nitrogen and oxygen atoms in total. The Hall–Kier alpha value is -2.11. The number of hydrogen-bond acceptors (Lipinski definition) is 4. The fourth-order valence-corrected chi connectivity index (χ4v) is 2.80.